The van der Waals surface area contributed by atoms with Crippen LogP contribution >= 0.6 is 11.8 Å². The van der Waals surface area contributed by atoms with Crippen molar-refractivity contribution in [3.05, 3.63) is 24.0 Å². The first kappa shape index (κ1) is 14.7. The number of hydrogen-bond donors (Lipinski definition) is 1. The third-order valence-corrected chi connectivity index (χ3v) is 4.67. The fourth-order valence-electron chi connectivity index (χ4n) is 2.27. The van der Waals surface area contributed by atoms with Gasteiger partial charge in [-0.25, -0.2) is 0 Å². The molecule has 1 unspecified atom stereocenters. The number of rotatable bonds is 4. The molecule has 0 radical (unpaired) electrons. The van der Waals surface area contributed by atoms with E-state index >= 15 is 0 Å². The second kappa shape index (κ2) is 6.14. The summed E-state index contributed by atoms with van der Waals surface area (Å²) in [5.74, 6) is 2.52. The number of pyridine rings is 1. The maximum atomic E-state index is 4.31. The molecule has 1 saturated heterocycles. The highest BCUT2D eigenvalue weighted by Crippen LogP contribution is 2.27. The lowest BCUT2D eigenvalue weighted by Gasteiger charge is -2.29. The lowest BCUT2D eigenvalue weighted by atomic mass is 10.1. The van der Waals surface area contributed by atoms with E-state index in [1.807, 2.05) is 12.4 Å². The molecule has 0 saturated carbocycles. The highest BCUT2D eigenvalue weighted by Gasteiger charge is 2.22. The van der Waals surface area contributed by atoms with Crippen LogP contribution in [0.1, 0.15) is 32.8 Å². The van der Waals surface area contributed by atoms with E-state index in [2.05, 4.69) is 60.8 Å². The van der Waals surface area contributed by atoms with Gasteiger partial charge in [-0.05, 0) is 44.6 Å². The van der Waals surface area contributed by atoms with Crippen molar-refractivity contribution >= 4 is 17.4 Å². The van der Waals surface area contributed by atoms with Crippen molar-refractivity contribution in [2.45, 2.75) is 45.3 Å². The van der Waals surface area contributed by atoms with Crippen LogP contribution in [-0.2, 0) is 6.54 Å². The molecule has 1 aliphatic rings. The molecule has 1 N–H and O–H groups in total. The van der Waals surface area contributed by atoms with Crippen LogP contribution in [0, 0.1) is 0 Å². The normalized spacial score (nSPS) is 19.7. The Morgan fingerprint density at radius 3 is 2.89 bits per heavy atom. The second-order valence-corrected chi connectivity index (χ2v) is 7.39. The minimum Gasteiger partial charge on any atom is -0.369 e. The minimum atomic E-state index is 0.141. The number of hydrogen-bond acceptors (Lipinski definition) is 4. The predicted molar refractivity (Wildman–Crippen MR) is 85.0 cm³/mol. The summed E-state index contributed by atoms with van der Waals surface area (Å²) in [5, 5.41) is 3.56. The number of thioether (sulfide) groups is 1. The quantitative estimate of drug-likeness (QED) is 0.917. The average molecular weight is 279 g/mol. The van der Waals surface area contributed by atoms with E-state index in [1.54, 1.807) is 0 Å². The largest absolute Gasteiger partial charge is 0.369 e. The van der Waals surface area contributed by atoms with Crippen LogP contribution in [-0.4, -0.2) is 35.1 Å². The van der Waals surface area contributed by atoms with Gasteiger partial charge in [-0.15, -0.1) is 0 Å². The van der Waals surface area contributed by atoms with Crippen molar-refractivity contribution < 1.29 is 0 Å². The van der Waals surface area contributed by atoms with E-state index in [0.29, 0.717) is 6.04 Å². The van der Waals surface area contributed by atoms with Gasteiger partial charge in [0.2, 0.25) is 0 Å². The fourth-order valence-corrected chi connectivity index (χ4v) is 3.53. The SMILES string of the molecule is CN(c1cnccc1CNC(C)(C)C)C1CCSC1. The monoisotopic (exact) mass is 279 g/mol. The van der Waals surface area contributed by atoms with Gasteiger partial charge in [0.1, 0.15) is 0 Å². The van der Waals surface area contributed by atoms with Gasteiger partial charge >= 0.3 is 0 Å². The van der Waals surface area contributed by atoms with Gasteiger partial charge in [0.25, 0.3) is 0 Å². The molecule has 0 amide bonds. The Labute approximate surface area is 121 Å². The molecule has 1 aromatic rings. The highest BCUT2D eigenvalue weighted by molar-refractivity contribution is 7.99. The first-order valence-electron chi connectivity index (χ1n) is 6.96. The van der Waals surface area contributed by atoms with Gasteiger partial charge in [-0.3, -0.25) is 4.98 Å². The summed E-state index contributed by atoms with van der Waals surface area (Å²) in [6, 6.07) is 2.79. The van der Waals surface area contributed by atoms with E-state index < -0.39 is 0 Å². The fraction of sp³-hybridized carbons (Fsp3) is 0.667. The van der Waals surface area contributed by atoms with Crippen molar-refractivity contribution in [3.8, 4) is 0 Å². The van der Waals surface area contributed by atoms with Crippen molar-refractivity contribution in [3.63, 3.8) is 0 Å². The van der Waals surface area contributed by atoms with Gasteiger partial charge in [0, 0.05) is 37.1 Å². The lowest BCUT2D eigenvalue weighted by Crippen LogP contribution is -2.37. The topological polar surface area (TPSA) is 28.2 Å². The Balaban J connectivity index is 2.11. The van der Waals surface area contributed by atoms with Crippen LogP contribution in [0.4, 0.5) is 5.69 Å². The zero-order valence-corrected chi connectivity index (χ0v) is 13.3. The molecular weight excluding hydrogens is 254 g/mol. The summed E-state index contributed by atoms with van der Waals surface area (Å²) in [6.45, 7) is 7.49. The van der Waals surface area contributed by atoms with Crippen LogP contribution in [0.2, 0.25) is 0 Å². The third-order valence-electron chi connectivity index (χ3n) is 3.53. The predicted octanol–water partition coefficient (Wildman–Crippen LogP) is 2.91. The summed E-state index contributed by atoms with van der Waals surface area (Å²) in [4.78, 5) is 6.72. The Bertz CT molecular complexity index is 408. The third kappa shape index (κ3) is 4.11. The highest BCUT2D eigenvalue weighted by atomic mass is 32.2. The van der Waals surface area contributed by atoms with Crippen molar-refractivity contribution in [1.82, 2.24) is 10.3 Å². The molecule has 1 aromatic heterocycles. The summed E-state index contributed by atoms with van der Waals surface area (Å²) >= 11 is 2.05. The summed E-state index contributed by atoms with van der Waals surface area (Å²) in [5.41, 5.74) is 2.75. The van der Waals surface area contributed by atoms with Crippen molar-refractivity contribution in [2.75, 3.05) is 23.5 Å². The number of anilines is 1. The van der Waals surface area contributed by atoms with Crippen LogP contribution in [0.25, 0.3) is 0 Å². The molecule has 0 aliphatic carbocycles. The molecule has 106 valence electrons. The molecule has 19 heavy (non-hydrogen) atoms. The first-order valence-corrected chi connectivity index (χ1v) is 8.11. The summed E-state index contributed by atoms with van der Waals surface area (Å²) < 4.78 is 0. The molecule has 0 spiro atoms. The van der Waals surface area contributed by atoms with Crippen LogP contribution < -0.4 is 10.2 Å². The minimum absolute atomic E-state index is 0.141. The Morgan fingerprint density at radius 1 is 1.47 bits per heavy atom. The molecular formula is C15H25N3S. The number of nitrogens with one attached hydrogen (secondary N) is 1. The summed E-state index contributed by atoms with van der Waals surface area (Å²) in [6.07, 6.45) is 5.17. The average Bonchev–Trinajstić information content (AvgIpc) is 2.89. The number of aromatic nitrogens is 1. The van der Waals surface area contributed by atoms with Gasteiger partial charge in [-0.2, -0.15) is 11.8 Å². The zero-order valence-electron chi connectivity index (χ0n) is 12.4. The van der Waals surface area contributed by atoms with Crippen LogP contribution in [0.3, 0.4) is 0 Å². The molecule has 3 nitrogen and oxygen atoms in total. The van der Waals surface area contributed by atoms with Crippen molar-refractivity contribution in [1.29, 1.82) is 0 Å². The van der Waals surface area contributed by atoms with E-state index in [9.17, 15) is 0 Å². The van der Waals surface area contributed by atoms with Crippen LogP contribution in [0.5, 0.6) is 0 Å². The molecule has 1 aliphatic heterocycles. The molecule has 0 aromatic carbocycles. The maximum absolute atomic E-state index is 4.31. The summed E-state index contributed by atoms with van der Waals surface area (Å²) in [7, 11) is 2.20. The second-order valence-electron chi connectivity index (χ2n) is 6.24. The lowest BCUT2D eigenvalue weighted by molar-refractivity contribution is 0.424. The Morgan fingerprint density at radius 2 is 2.26 bits per heavy atom. The standard InChI is InChI=1S/C15H25N3S/c1-15(2,3)17-9-12-5-7-16-10-14(12)18(4)13-6-8-19-11-13/h5,7,10,13,17H,6,8-9,11H2,1-4H3. The van der Waals surface area contributed by atoms with E-state index in [0.717, 1.165) is 6.54 Å². The zero-order chi connectivity index (χ0) is 13.9. The molecule has 0 bridgehead atoms. The Kier molecular flexibility index (Phi) is 4.74. The van der Waals surface area contributed by atoms with E-state index in [-0.39, 0.29) is 5.54 Å². The number of nitrogens with zero attached hydrogens (tertiary/aromatic N) is 2. The smallest absolute Gasteiger partial charge is 0.0598 e. The van der Waals surface area contributed by atoms with Gasteiger partial charge in [0.05, 0.1) is 11.9 Å². The van der Waals surface area contributed by atoms with E-state index in [1.165, 1.54) is 29.2 Å². The van der Waals surface area contributed by atoms with E-state index in [4.69, 9.17) is 0 Å². The van der Waals surface area contributed by atoms with Gasteiger partial charge < -0.3 is 10.2 Å². The molecule has 2 heterocycles. The molecule has 4 heteroatoms. The van der Waals surface area contributed by atoms with Crippen LogP contribution in [0.15, 0.2) is 18.5 Å². The first-order chi connectivity index (χ1) is 8.97. The van der Waals surface area contributed by atoms with Crippen molar-refractivity contribution in [2.24, 2.45) is 0 Å². The molecule has 2 rings (SSSR count). The molecule has 1 atom stereocenters. The Hall–Kier alpha value is -0.740. The van der Waals surface area contributed by atoms with Gasteiger partial charge in [0.15, 0.2) is 0 Å². The molecule has 1 fully saturated rings. The maximum Gasteiger partial charge on any atom is 0.0598 e. The van der Waals surface area contributed by atoms with Gasteiger partial charge in [-0.1, -0.05) is 0 Å².